The Bertz CT molecular complexity index is 861. The van der Waals surface area contributed by atoms with E-state index in [1.54, 1.807) is 19.2 Å². The van der Waals surface area contributed by atoms with Crippen LogP contribution in [0.15, 0.2) is 36.4 Å². The SMILES string of the molecule is COC(=O)c1ccc(OC)c2nc3ccccc3c(Cl)c12. The van der Waals surface area contributed by atoms with Crippen molar-refractivity contribution in [3.05, 3.63) is 47.0 Å². The molecule has 0 aliphatic carbocycles. The van der Waals surface area contributed by atoms with Gasteiger partial charge in [0.2, 0.25) is 0 Å². The summed E-state index contributed by atoms with van der Waals surface area (Å²) < 4.78 is 10.1. The molecular formula is C16H12ClNO3. The molecule has 21 heavy (non-hydrogen) atoms. The van der Waals surface area contributed by atoms with Crippen LogP contribution < -0.4 is 4.74 Å². The lowest BCUT2D eigenvalue weighted by atomic mass is 10.0. The number of aromatic nitrogens is 1. The summed E-state index contributed by atoms with van der Waals surface area (Å²) >= 11 is 6.51. The molecular weight excluding hydrogens is 290 g/mol. The van der Waals surface area contributed by atoms with E-state index in [4.69, 9.17) is 21.1 Å². The van der Waals surface area contributed by atoms with Gasteiger partial charge in [-0.25, -0.2) is 9.78 Å². The number of carbonyl (C=O) groups is 1. The summed E-state index contributed by atoms with van der Waals surface area (Å²) in [5.74, 6) is 0.104. The molecule has 5 heteroatoms. The van der Waals surface area contributed by atoms with Crippen molar-refractivity contribution in [1.82, 2.24) is 4.98 Å². The van der Waals surface area contributed by atoms with Crippen molar-refractivity contribution < 1.29 is 14.3 Å². The summed E-state index contributed by atoms with van der Waals surface area (Å²) in [4.78, 5) is 16.5. The molecule has 0 saturated carbocycles. The van der Waals surface area contributed by atoms with Gasteiger partial charge < -0.3 is 9.47 Å². The number of ether oxygens (including phenoxy) is 2. The van der Waals surface area contributed by atoms with E-state index in [0.717, 1.165) is 10.9 Å². The van der Waals surface area contributed by atoms with Crippen molar-refractivity contribution in [2.45, 2.75) is 0 Å². The second-order valence-electron chi connectivity index (χ2n) is 4.47. The fourth-order valence-corrected chi connectivity index (χ4v) is 2.71. The van der Waals surface area contributed by atoms with Crippen LogP contribution in [0, 0.1) is 0 Å². The quantitative estimate of drug-likeness (QED) is 0.533. The number of nitrogens with zero attached hydrogens (tertiary/aromatic N) is 1. The van der Waals surface area contributed by atoms with Crippen molar-refractivity contribution in [1.29, 1.82) is 0 Å². The highest BCUT2D eigenvalue weighted by molar-refractivity contribution is 6.41. The number of fused-ring (bicyclic) bond motifs is 2. The predicted octanol–water partition coefficient (Wildman–Crippen LogP) is 3.84. The Morgan fingerprint density at radius 1 is 1.14 bits per heavy atom. The minimum absolute atomic E-state index is 0.372. The maximum atomic E-state index is 12.0. The number of pyridine rings is 1. The van der Waals surface area contributed by atoms with Gasteiger partial charge in [-0.15, -0.1) is 0 Å². The molecule has 1 heterocycles. The number of methoxy groups -OCH3 is 2. The van der Waals surface area contributed by atoms with Crippen LogP contribution in [0.1, 0.15) is 10.4 Å². The van der Waals surface area contributed by atoms with E-state index in [1.165, 1.54) is 7.11 Å². The van der Waals surface area contributed by atoms with Gasteiger partial charge in [-0.3, -0.25) is 0 Å². The molecule has 3 aromatic rings. The zero-order valence-corrected chi connectivity index (χ0v) is 12.3. The number of para-hydroxylation sites is 1. The summed E-state index contributed by atoms with van der Waals surface area (Å²) in [6.45, 7) is 0. The normalized spacial score (nSPS) is 10.8. The molecule has 2 aromatic carbocycles. The molecule has 1 aromatic heterocycles. The van der Waals surface area contributed by atoms with Crippen molar-refractivity contribution in [3.8, 4) is 5.75 Å². The molecule has 0 radical (unpaired) electrons. The maximum Gasteiger partial charge on any atom is 0.338 e. The molecule has 0 bridgehead atoms. The van der Waals surface area contributed by atoms with Gasteiger partial charge >= 0.3 is 5.97 Å². The lowest BCUT2D eigenvalue weighted by Gasteiger charge is -2.12. The van der Waals surface area contributed by atoms with E-state index >= 15 is 0 Å². The third-order valence-electron chi connectivity index (χ3n) is 3.36. The molecule has 3 rings (SSSR count). The molecule has 0 unspecified atom stereocenters. The number of halogens is 1. The molecule has 0 aliphatic rings. The van der Waals surface area contributed by atoms with Crippen molar-refractivity contribution in [2.75, 3.05) is 14.2 Å². The molecule has 0 aliphatic heterocycles. The number of hydrogen-bond acceptors (Lipinski definition) is 4. The first-order chi connectivity index (χ1) is 10.2. The van der Waals surface area contributed by atoms with Crippen LogP contribution in [0.3, 0.4) is 0 Å². The first-order valence-corrected chi connectivity index (χ1v) is 6.68. The highest BCUT2D eigenvalue weighted by Gasteiger charge is 2.19. The molecule has 0 N–H and O–H groups in total. The summed E-state index contributed by atoms with van der Waals surface area (Å²) in [5.41, 5.74) is 1.66. The smallest absolute Gasteiger partial charge is 0.338 e. The van der Waals surface area contributed by atoms with Gasteiger partial charge in [0.1, 0.15) is 11.3 Å². The van der Waals surface area contributed by atoms with Gasteiger partial charge in [0.15, 0.2) is 0 Å². The van der Waals surface area contributed by atoms with E-state index in [9.17, 15) is 4.79 Å². The Balaban J connectivity index is 2.52. The van der Waals surface area contributed by atoms with Gasteiger partial charge in [-0.2, -0.15) is 0 Å². The fraction of sp³-hybridized carbons (Fsp3) is 0.125. The summed E-state index contributed by atoms with van der Waals surface area (Å²) in [7, 11) is 2.89. The van der Waals surface area contributed by atoms with Crippen molar-refractivity contribution >= 4 is 39.4 Å². The molecule has 0 saturated heterocycles. The van der Waals surface area contributed by atoms with E-state index in [2.05, 4.69) is 4.98 Å². The Hall–Kier alpha value is -2.33. The minimum Gasteiger partial charge on any atom is -0.494 e. The van der Waals surface area contributed by atoms with Crippen LogP contribution in [-0.2, 0) is 4.74 Å². The van der Waals surface area contributed by atoms with Gasteiger partial charge in [0, 0.05) is 10.8 Å². The van der Waals surface area contributed by atoms with Gasteiger partial charge in [-0.05, 0) is 18.2 Å². The zero-order valence-electron chi connectivity index (χ0n) is 11.5. The predicted molar refractivity (Wildman–Crippen MR) is 82.2 cm³/mol. The highest BCUT2D eigenvalue weighted by atomic mass is 35.5. The van der Waals surface area contributed by atoms with Crippen LogP contribution in [0.5, 0.6) is 5.75 Å². The third-order valence-corrected chi connectivity index (χ3v) is 3.75. The second kappa shape index (κ2) is 5.22. The van der Waals surface area contributed by atoms with Gasteiger partial charge in [0.05, 0.1) is 30.3 Å². The standard InChI is InChI=1S/C16H12ClNO3/c1-20-12-8-7-10(16(19)21-2)13-14(17)9-5-3-4-6-11(9)18-15(12)13/h3-8H,1-2H3. The van der Waals surface area contributed by atoms with Gasteiger partial charge in [0.25, 0.3) is 0 Å². The van der Waals surface area contributed by atoms with Crippen LogP contribution in [0.25, 0.3) is 21.8 Å². The first kappa shape index (κ1) is 13.6. The molecule has 106 valence electrons. The summed E-state index contributed by atoms with van der Waals surface area (Å²) in [6.07, 6.45) is 0. The first-order valence-electron chi connectivity index (χ1n) is 6.30. The van der Waals surface area contributed by atoms with Crippen LogP contribution in [0.2, 0.25) is 5.02 Å². The topological polar surface area (TPSA) is 48.4 Å². The second-order valence-corrected chi connectivity index (χ2v) is 4.85. The average Bonchev–Trinajstić information content (AvgIpc) is 2.53. The average molecular weight is 302 g/mol. The molecule has 0 amide bonds. The highest BCUT2D eigenvalue weighted by Crippen LogP contribution is 2.37. The summed E-state index contributed by atoms with van der Waals surface area (Å²) in [5, 5.41) is 1.79. The van der Waals surface area contributed by atoms with E-state index in [1.807, 2.05) is 24.3 Å². The molecule has 0 atom stereocenters. The van der Waals surface area contributed by atoms with Crippen LogP contribution >= 0.6 is 11.6 Å². The number of benzene rings is 2. The monoisotopic (exact) mass is 301 g/mol. The molecule has 4 nitrogen and oxygen atoms in total. The largest absolute Gasteiger partial charge is 0.494 e. The van der Waals surface area contributed by atoms with E-state index in [0.29, 0.717) is 27.2 Å². The number of rotatable bonds is 2. The molecule has 0 spiro atoms. The minimum atomic E-state index is -0.457. The zero-order chi connectivity index (χ0) is 15.0. The fourth-order valence-electron chi connectivity index (χ4n) is 2.36. The third kappa shape index (κ3) is 2.08. The summed E-state index contributed by atoms with van der Waals surface area (Å²) in [6, 6.07) is 10.8. The number of hydrogen-bond donors (Lipinski definition) is 0. The van der Waals surface area contributed by atoms with Crippen LogP contribution in [0.4, 0.5) is 0 Å². The molecule has 0 fully saturated rings. The number of carbonyl (C=O) groups excluding carboxylic acids is 1. The van der Waals surface area contributed by atoms with Crippen LogP contribution in [-0.4, -0.2) is 25.2 Å². The Labute approximate surface area is 126 Å². The number of esters is 1. The Morgan fingerprint density at radius 2 is 1.90 bits per heavy atom. The Kier molecular flexibility index (Phi) is 3.39. The van der Waals surface area contributed by atoms with E-state index < -0.39 is 5.97 Å². The van der Waals surface area contributed by atoms with Crippen molar-refractivity contribution in [2.24, 2.45) is 0 Å². The lowest BCUT2D eigenvalue weighted by molar-refractivity contribution is 0.0603. The lowest BCUT2D eigenvalue weighted by Crippen LogP contribution is -2.04. The van der Waals surface area contributed by atoms with Gasteiger partial charge in [-0.1, -0.05) is 29.8 Å². The maximum absolute atomic E-state index is 12.0. The van der Waals surface area contributed by atoms with Crippen molar-refractivity contribution in [3.63, 3.8) is 0 Å². The van der Waals surface area contributed by atoms with E-state index in [-0.39, 0.29) is 0 Å². The Morgan fingerprint density at radius 3 is 2.62 bits per heavy atom.